The molecule has 110 valence electrons. The first-order valence-corrected chi connectivity index (χ1v) is 8.23. The van der Waals surface area contributed by atoms with Crippen LogP contribution in [0, 0.1) is 5.92 Å². The Morgan fingerprint density at radius 2 is 2.10 bits per heavy atom. The molecule has 3 rings (SSSR count). The molecule has 0 aliphatic carbocycles. The zero-order valence-electron chi connectivity index (χ0n) is 12.2. The lowest BCUT2D eigenvalue weighted by molar-refractivity contribution is 0.170. The fourth-order valence-electron chi connectivity index (χ4n) is 3.31. The lowest BCUT2D eigenvalue weighted by atomic mass is 9.80. The van der Waals surface area contributed by atoms with Gasteiger partial charge in [0.05, 0.1) is 4.47 Å². The third kappa shape index (κ3) is 2.56. The summed E-state index contributed by atoms with van der Waals surface area (Å²) in [5.74, 6) is 2.34. The molecule has 2 aliphatic rings. The minimum atomic E-state index is 0.225. The minimum Gasteiger partial charge on any atom is -0.486 e. The molecule has 1 aromatic carbocycles. The number of hydrogen-bond donors (Lipinski definition) is 1. The Kier molecular flexibility index (Phi) is 3.95. The number of hydrogen-bond acceptors (Lipinski definition) is 3. The van der Waals surface area contributed by atoms with Gasteiger partial charge >= 0.3 is 0 Å². The second kappa shape index (κ2) is 5.57. The average Bonchev–Trinajstić information content (AvgIpc) is 2.89. The van der Waals surface area contributed by atoms with E-state index in [9.17, 15) is 0 Å². The lowest BCUT2D eigenvalue weighted by Crippen LogP contribution is -2.46. The Morgan fingerprint density at radius 3 is 2.80 bits per heavy atom. The first kappa shape index (κ1) is 14.2. The van der Waals surface area contributed by atoms with Crippen molar-refractivity contribution in [1.82, 2.24) is 5.32 Å². The van der Waals surface area contributed by atoms with Gasteiger partial charge in [-0.15, -0.1) is 0 Å². The third-order valence-electron chi connectivity index (χ3n) is 4.56. The number of rotatable bonds is 3. The molecule has 0 spiro atoms. The van der Waals surface area contributed by atoms with Gasteiger partial charge in [-0.25, -0.2) is 0 Å². The Balaban J connectivity index is 1.89. The van der Waals surface area contributed by atoms with Crippen LogP contribution in [0.15, 0.2) is 16.6 Å². The van der Waals surface area contributed by atoms with Gasteiger partial charge in [0, 0.05) is 5.54 Å². The first-order chi connectivity index (χ1) is 9.61. The highest BCUT2D eigenvalue weighted by molar-refractivity contribution is 9.10. The zero-order valence-corrected chi connectivity index (χ0v) is 13.8. The quantitative estimate of drug-likeness (QED) is 0.913. The topological polar surface area (TPSA) is 30.5 Å². The molecular formula is C16H22BrNO2. The van der Waals surface area contributed by atoms with Gasteiger partial charge in [-0.1, -0.05) is 13.8 Å². The van der Waals surface area contributed by atoms with Crippen LogP contribution in [0.25, 0.3) is 0 Å². The minimum absolute atomic E-state index is 0.225. The van der Waals surface area contributed by atoms with Gasteiger partial charge in [-0.05, 0) is 65.4 Å². The largest absolute Gasteiger partial charge is 0.486 e. The van der Waals surface area contributed by atoms with Crippen molar-refractivity contribution in [3.63, 3.8) is 0 Å². The molecule has 2 heterocycles. The van der Waals surface area contributed by atoms with E-state index in [0.717, 1.165) is 28.9 Å². The number of nitrogens with one attached hydrogen (secondary N) is 1. The predicted molar refractivity (Wildman–Crippen MR) is 83.6 cm³/mol. The van der Waals surface area contributed by atoms with Gasteiger partial charge in [-0.2, -0.15) is 0 Å². The lowest BCUT2D eigenvalue weighted by Gasteiger charge is -2.34. The van der Waals surface area contributed by atoms with E-state index in [1.807, 2.05) is 0 Å². The van der Waals surface area contributed by atoms with Crippen LogP contribution in [0.3, 0.4) is 0 Å². The Bertz CT molecular complexity index is 495. The third-order valence-corrected chi connectivity index (χ3v) is 5.15. The van der Waals surface area contributed by atoms with E-state index in [0.29, 0.717) is 19.1 Å². The number of ether oxygens (including phenoxy) is 2. The number of fused-ring (bicyclic) bond motifs is 1. The maximum atomic E-state index is 5.73. The summed E-state index contributed by atoms with van der Waals surface area (Å²) in [6.07, 6.45) is 3.56. The van der Waals surface area contributed by atoms with Crippen molar-refractivity contribution >= 4 is 15.9 Å². The van der Waals surface area contributed by atoms with Crippen LogP contribution in [0.4, 0.5) is 0 Å². The van der Waals surface area contributed by atoms with E-state index < -0.39 is 0 Å². The van der Waals surface area contributed by atoms with E-state index >= 15 is 0 Å². The van der Waals surface area contributed by atoms with Crippen molar-refractivity contribution in [2.24, 2.45) is 5.92 Å². The molecule has 4 heteroatoms. The molecule has 2 aliphatic heterocycles. The molecule has 3 nitrogen and oxygen atoms in total. The maximum absolute atomic E-state index is 5.73. The maximum Gasteiger partial charge on any atom is 0.175 e. The van der Waals surface area contributed by atoms with Crippen LogP contribution in [0.5, 0.6) is 11.5 Å². The molecule has 0 radical (unpaired) electrons. The van der Waals surface area contributed by atoms with Crippen molar-refractivity contribution < 1.29 is 9.47 Å². The molecule has 0 saturated carbocycles. The summed E-state index contributed by atoms with van der Waals surface area (Å²) in [6.45, 7) is 7.01. The SMILES string of the molecule is CC(C)C1(Cc2cc(Br)c3c(c2)OCCO3)CCCN1. The van der Waals surface area contributed by atoms with E-state index in [-0.39, 0.29) is 5.54 Å². The Morgan fingerprint density at radius 1 is 1.30 bits per heavy atom. The van der Waals surface area contributed by atoms with Crippen molar-refractivity contribution in [3.8, 4) is 11.5 Å². The zero-order chi connectivity index (χ0) is 14.2. The normalized spacial score (nSPS) is 25.2. The summed E-state index contributed by atoms with van der Waals surface area (Å²) < 4.78 is 12.4. The summed E-state index contributed by atoms with van der Waals surface area (Å²) in [7, 11) is 0. The molecule has 0 aromatic heterocycles. The van der Waals surface area contributed by atoms with Crippen LogP contribution in [0.2, 0.25) is 0 Å². The molecule has 1 fully saturated rings. The molecule has 1 aromatic rings. The van der Waals surface area contributed by atoms with Crippen LogP contribution in [0.1, 0.15) is 32.3 Å². The van der Waals surface area contributed by atoms with Crippen LogP contribution < -0.4 is 14.8 Å². The molecule has 20 heavy (non-hydrogen) atoms. The summed E-state index contributed by atoms with van der Waals surface area (Å²) in [6, 6.07) is 4.32. The molecule has 0 amide bonds. The summed E-state index contributed by atoms with van der Waals surface area (Å²) in [4.78, 5) is 0. The van der Waals surface area contributed by atoms with Gasteiger partial charge in [0.2, 0.25) is 0 Å². The summed E-state index contributed by atoms with van der Waals surface area (Å²) >= 11 is 3.61. The highest BCUT2D eigenvalue weighted by atomic mass is 79.9. The Labute approximate surface area is 129 Å². The molecule has 0 bridgehead atoms. The van der Waals surface area contributed by atoms with Crippen LogP contribution in [-0.2, 0) is 6.42 Å². The second-order valence-electron chi connectivity index (χ2n) is 6.12. The molecule has 1 saturated heterocycles. The fourth-order valence-corrected chi connectivity index (χ4v) is 3.91. The Hall–Kier alpha value is -0.740. The standard InChI is InChI=1S/C16H22BrNO2/c1-11(2)16(4-3-5-18-16)10-12-8-13(17)15-14(9-12)19-6-7-20-15/h8-9,11,18H,3-7,10H2,1-2H3. The monoisotopic (exact) mass is 339 g/mol. The van der Waals surface area contributed by atoms with Gasteiger partial charge in [0.25, 0.3) is 0 Å². The molecular weight excluding hydrogens is 318 g/mol. The van der Waals surface area contributed by atoms with E-state index in [1.54, 1.807) is 0 Å². The van der Waals surface area contributed by atoms with Crippen molar-refractivity contribution in [3.05, 3.63) is 22.2 Å². The summed E-state index contributed by atoms with van der Waals surface area (Å²) in [5, 5.41) is 3.73. The van der Waals surface area contributed by atoms with Gasteiger partial charge in [-0.3, -0.25) is 0 Å². The summed E-state index contributed by atoms with van der Waals surface area (Å²) in [5.41, 5.74) is 1.53. The molecule has 1 N–H and O–H groups in total. The smallest absolute Gasteiger partial charge is 0.175 e. The van der Waals surface area contributed by atoms with Crippen molar-refractivity contribution in [2.75, 3.05) is 19.8 Å². The van der Waals surface area contributed by atoms with Gasteiger partial charge in [0.15, 0.2) is 11.5 Å². The van der Waals surface area contributed by atoms with Crippen LogP contribution >= 0.6 is 15.9 Å². The molecule has 1 atom stereocenters. The highest BCUT2D eigenvalue weighted by Crippen LogP contribution is 2.40. The van der Waals surface area contributed by atoms with Crippen LogP contribution in [-0.4, -0.2) is 25.3 Å². The van der Waals surface area contributed by atoms with Crippen molar-refractivity contribution in [1.29, 1.82) is 0 Å². The van der Waals surface area contributed by atoms with Crippen molar-refractivity contribution in [2.45, 2.75) is 38.6 Å². The van der Waals surface area contributed by atoms with E-state index in [1.165, 1.54) is 18.4 Å². The number of benzene rings is 1. The van der Waals surface area contributed by atoms with Gasteiger partial charge in [0.1, 0.15) is 13.2 Å². The predicted octanol–water partition coefficient (Wildman–Crippen LogP) is 3.54. The van der Waals surface area contributed by atoms with E-state index in [4.69, 9.17) is 9.47 Å². The van der Waals surface area contributed by atoms with Gasteiger partial charge < -0.3 is 14.8 Å². The number of halogens is 1. The fraction of sp³-hybridized carbons (Fsp3) is 0.625. The molecule has 1 unspecified atom stereocenters. The van der Waals surface area contributed by atoms with E-state index in [2.05, 4.69) is 47.2 Å². The highest BCUT2D eigenvalue weighted by Gasteiger charge is 2.36. The average molecular weight is 340 g/mol. The first-order valence-electron chi connectivity index (χ1n) is 7.44. The second-order valence-corrected chi connectivity index (χ2v) is 6.97.